The first kappa shape index (κ1) is 19.5. The lowest BCUT2D eigenvalue weighted by atomic mass is 10.1. The van der Waals surface area contributed by atoms with Crippen LogP contribution in [-0.2, 0) is 6.42 Å². The second kappa shape index (κ2) is 8.68. The standard InChI is InChI=1S/C22H30N6O/c1-3-18-8-4-5-9-19(18)24-22(29)28-14-12-27(13-15-28)21-23-17(2)16-20(25-21)26-10-6-7-11-26/h4-5,8-9,16H,3,6-7,10-15H2,1-2H3,(H,24,29). The number of piperazine rings is 1. The average Bonchev–Trinajstić information content (AvgIpc) is 3.29. The van der Waals surface area contributed by atoms with E-state index in [9.17, 15) is 4.79 Å². The molecule has 2 aromatic rings. The molecule has 0 saturated carbocycles. The van der Waals surface area contributed by atoms with Crippen molar-refractivity contribution in [1.82, 2.24) is 14.9 Å². The van der Waals surface area contributed by atoms with Crippen LogP contribution in [0.15, 0.2) is 30.3 Å². The first-order chi connectivity index (χ1) is 14.1. The number of benzene rings is 1. The fraction of sp³-hybridized carbons (Fsp3) is 0.500. The van der Waals surface area contributed by atoms with Crippen LogP contribution in [0.2, 0.25) is 0 Å². The molecule has 7 nitrogen and oxygen atoms in total. The molecule has 0 atom stereocenters. The Morgan fingerprint density at radius 3 is 2.45 bits per heavy atom. The summed E-state index contributed by atoms with van der Waals surface area (Å²) < 4.78 is 0. The minimum absolute atomic E-state index is 0.0338. The molecule has 2 fully saturated rings. The number of aryl methyl sites for hydroxylation is 2. The van der Waals surface area contributed by atoms with Gasteiger partial charge in [-0.25, -0.2) is 9.78 Å². The fourth-order valence-electron chi connectivity index (χ4n) is 4.04. The van der Waals surface area contributed by atoms with Crippen molar-refractivity contribution in [2.24, 2.45) is 0 Å². The summed E-state index contributed by atoms with van der Waals surface area (Å²) in [7, 11) is 0. The van der Waals surface area contributed by atoms with Gasteiger partial charge in [-0.1, -0.05) is 25.1 Å². The van der Waals surface area contributed by atoms with Crippen LogP contribution in [0.4, 0.5) is 22.2 Å². The molecule has 0 spiro atoms. The van der Waals surface area contributed by atoms with Gasteiger partial charge in [0.1, 0.15) is 5.82 Å². The number of carbonyl (C=O) groups is 1. The lowest BCUT2D eigenvalue weighted by Gasteiger charge is -2.35. The van der Waals surface area contributed by atoms with Gasteiger partial charge in [0, 0.05) is 56.7 Å². The number of aromatic nitrogens is 2. The molecular weight excluding hydrogens is 364 g/mol. The number of anilines is 3. The third-order valence-electron chi connectivity index (χ3n) is 5.75. The van der Waals surface area contributed by atoms with Gasteiger partial charge >= 0.3 is 6.03 Å². The zero-order chi connectivity index (χ0) is 20.2. The van der Waals surface area contributed by atoms with Crippen molar-refractivity contribution in [2.75, 3.05) is 54.4 Å². The Hall–Kier alpha value is -2.83. The SMILES string of the molecule is CCc1ccccc1NC(=O)N1CCN(c2nc(C)cc(N3CCCC3)n2)CC1. The lowest BCUT2D eigenvalue weighted by molar-refractivity contribution is 0.208. The van der Waals surface area contributed by atoms with Gasteiger partial charge in [0.25, 0.3) is 0 Å². The summed E-state index contributed by atoms with van der Waals surface area (Å²) in [6.07, 6.45) is 3.36. The number of amides is 2. The van der Waals surface area contributed by atoms with E-state index >= 15 is 0 Å². The number of hydrogen-bond donors (Lipinski definition) is 1. The number of nitrogens with zero attached hydrogens (tertiary/aromatic N) is 5. The Morgan fingerprint density at radius 2 is 1.72 bits per heavy atom. The Bertz CT molecular complexity index is 856. The Kier molecular flexibility index (Phi) is 5.83. The topological polar surface area (TPSA) is 64.6 Å². The maximum Gasteiger partial charge on any atom is 0.321 e. The van der Waals surface area contributed by atoms with Crippen molar-refractivity contribution in [3.05, 3.63) is 41.6 Å². The smallest absolute Gasteiger partial charge is 0.321 e. The highest BCUT2D eigenvalue weighted by Crippen LogP contribution is 2.22. The van der Waals surface area contributed by atoms with Gasteiger partial charge < -0.3 is 20.0 Å². The van der Waals surface area contributed by atoms with Crippen LogP contribution in [0.5, 0.6) is 0 Å². The van der Waals surface area contributed by atoms with E-state index in [0.717, 1.165) is 61.3 Å². The molecule has 2 aliphatic rings. The summed E-state index contributed by atoms with van der Waals surface area (Å²) in [6.45, 7) is 9.08. The van der Waals surface area contributed by atoms with Crippen molar-refractivity contribution < 1.29 is 4.79 Å². The van der Waals surface area contributed by atoms with Crippen LogP contribution in [0, 0.1) is 6.92 Å². The molecule has 7 heteroatoms. The first-order valence-corrected chi connectivity index (χ1v) is 10.6. The van der Waals surface area contributed by atoms with Gasteiger partial charge in [-0.2, -0.15) is 4.98 Å². The summed E-state index contributed by atoms with van der Waals surface area (Å²) in [5, 5.41) is 3.07. The van der Waals surface area contributed by atoms with Gasteiger partial charge in [-0.3, -0.25) is 0 Å². The molecule has 1 N–H and O–H groups in total. The molecule has 0 bridgehead atoms. The number of nitrogens with one attached hydrogen (secondary N) is 1. The van der Waals surface area contributed by atoms with Crippen LogP contribution in [-0.4, -0.2) is 60.2 Å². The van der Waals surface area contributed by atoms with E-state index in [4.69, 9.17) is 4.98 Å². The van der Waals surface area contributed by atoms with E-state index < -0.39 is 0 Å². The average molecular weight is 395 g/mol. The molecule has 0 radical (unpaired) electrons. The number of carbonyl (C=O) groups excluding carboxylic acids is 1. The lowest BCUT2D eigenvalue weighted by Crippen LogP contribution is -2.50. The second-order valence-corrected chi connectivity index (χ2v) is 7.78. The van der Waals surface area contributed by atoms with Crippen LogP contribution >= 0.6 is 0 Å². The third kappa shape index (κ3) is 4.44. The predicted octanol–water partition coefficient (Wildman–Crippen LogP) is 3.30. The Labute approximate surface area is 172 Å². The zero-order valence-electron chi connectivity index (χ0n) is 17.4. The summed E-state index contributed by atoms with van der Waals surface area (Å²) in [6, 6.07) is 10.0. The zero-order valence-corrected chi connectivity index (χ0v) is 17.4. The van der Waals surface area contributed by atoms with Gasteiger partial charge in [-0.15, -0.1) is 0 Å². The minimum atomic E-state index is -0.0338. The van der Waals surface area contributed by atoms with Crippen molar-refractivity contribution >= 4 is 23.5 Å². The highest BCUT2D eigenvalue weighted by Gasteiger charge is 2.24. The predicted molar refractivity (Wildman–Crippen MR) is 117 cm³/mol. The molecule has 3 heterocycles. The summed E-state index contributed by atoms with van der Waals surface area (Å²) in [5.41, 5.74) is 3.05. The molecule has 0 unspecified atom stereocenters. The van der Waals surface area contributed by atoms with Gasteiger partial charge in [-0.05, 0) is 37.8 Å². The Morgan fingerprint density at radius 1 is 1.00 bits per heavy atom. The van der Waals surface area contributed by atoms with Crippen LogP contribution in [0.1, 0.15) is 31.0 Å². The Balaban J connectivity index is 1.38. The van der Waals surface area contributed by atoms with Gasteiger partial charge in [0.2, 0.25) is 5.95 Å². The van der Waals surface area contributed by atoms with Gasteiger partial charge in [0.15, 0.2) is 0 Å². The molecule has 1 aromatic carbocycles. The van der Waals surface area contributed by atoms with E-state index in [-0.39, 0.29) is 6.03 Å². The van der Waals surface area contributed by atoms with Crippen molar-refractivity contribution in [1.29, 1.82) is 0 Å². The highest BCUT2D eigenvalue weighted by atomic mass is 16.2. The summed E-state index contributed by atoms with van der Waals surface area (Å²) >= 11 is 0. The van der Waals surface area contributed by atoms with E-state index in [1.54, 1.807) is 0 Å². The fourth-order valence-corrected chi connectivity index (χ4v) is 4.04. The monoisotopic (exact) mass is 394 g/mol. The van der Waals surface area contributed by atoms with Crippen molar-refractivity contribution in [2.45, 2.75) is 33.1 Å². The summed E-state index contributed by atoms with van der Waals surface area (Å²) in [4.78, 5) is 28.6. The quantitative estimate of drug-likeness (QED) is 0.862. The van der Waals surface area contributed by atoms with Crippen LogP contribution < -0.4 is 15.1 Å². The maximum absolute atomic E-state index is 12.7. The first-order valence-electron chi connectivity index (χ1n) is 10.6. The second-order valence-electron chi connectivity index (χ2n) is 7.78. The van der Waals surface area contributed by atoms with E-state index in [1.165, 1.54) is 12.8 Å². The maximum atomic E-state index is 12.7. The highest BCUT2D eigenvalue weighted by molar-refractivity contribution is 5.90. The largest absolute Gasteiger partial charge is 0.356 e. The van der Waals surface area contributed by atoms with Crippen molar-refractivity contribution in [3.63, 3.8) is 0 Å². The molecule has 2 saturated heterocycles. The summed E-state index contributed by atoms with van der Waals surface area (Å²) in [5.74, 6) is 1.81. The number of hydrogen-bond acceptors (Lipinski definition) is 5. The van der Waals surface area contributed by atoms with E-state index in [1.807, 2.05) is 30.0 Å². The molecule has 154 valence electrons. The van der Waals surface area contributed by atoms with E-state index in [0.29, 0.717) is 13.1 Å². The number of para-hydroxylation sites is 1. The van der Waals surface area contributed by atoms with Crippen LogP contribution in [0.3, 0.4) is 0 Å². The van der Waals surface area contributed by atoms with Crippen molar-refractivity contribution in [3.8, 4) is 0 Å². The molecule has 1 aromatic heterocycles. The molecule has 0 aliphatic carbocycles. The molecule has 4 rings (SSSR count). The minimum Gasteiger partial charge on any atom is -0.356 e. The molecular formula is C22H30N6O. The van der Waals surface area contributed by atoms with E-state index in [2.05, 4.69) is 39.2 Å². The van der Waals surface area contributed by atoms with Crippen LogP contribution in [0.25, 0.3) is 0 Å². The third-order valence-corrected chi connectivity index (χ3v) is 5.75. The van der Waals surface area contributed by atoms with Gasteiger partial charge in [0.05, 0.1) is 0 Å². The number of rotatable bonds is 4. The molecule has 2 amide bonds. The number of urea groups is 1. The normalized spacial score (nSPS) is 17.0. The molecule has 29 heavy (non-hydrogen) atoms. The molecule has 2 aliphatic heterocycles.